The van der Waals surface area contributed by atoms with Crippen molar-refractivity contribution in [2.45, 2.75) is 0 Å². The normalized spacial score (nSPS) is 10.8. The number of esters is 1. The van der Waals surface area contributed by atoms with E-state index >= 15 is 0 Å². The second-order valence-corrected chi connectivity index (χ2v) is 8.33. The molecular weight excluding hydrogens is 530 g/mol. The number of hydrogen-bond acceptors (Lipinski definition) is 7. The number of nitrogens with zero attached hydrogens (tertiary/aromatic N) is 2. The molecule has 0 fully saturated rings. The Labute approximate surface area is 213 Å². The Morgan fingerprint density at radius 3 is 2.44 bits per heavy atom. The number of carbonyl (C=O) groups is 2. The minimum absolute atomic E-state index is 0.122. The van der Waals surface area contributed by atoms with Gasteiger partial charge in [-0.25, -0.2) is 10.2 Å². The number of hydrogen-bond donors (Lipinski definition) is 1. The lowest BCUT2D eigenvalue weighted by atomic mass is 10.1. The summed E-state index contributed by atoms with van der Waals surface area (Å²) in [5.41, 5.74) is 3.08. The minimum Gasteiger partial charge on any atom is -0.484 e. The molecule has 9 nitrogen and oxygen atoms in total. The first-order chi connectivity index (χ1) is 17.4. The summed E-state index contributed by atoms with van der Waals surface area (Å²) in [5, 5.41) is 16.7. The van der Waals surface area contributed by atoms with E-state index in [-0.39, 0.29) is 23.6 Å². The van der Waals surface area contributed by atoms with E-state index in [0.29, 0.717) is 15.8 Å². The van der Waals surface area contributed by atoms with E-state index in [2.05, 4.69) is 26.5 Å². The predicted molar refractivity (Wildman–Crippen MR) is 137 cm³/mol. The summed E-state index contributed by atoms with van der Waals surface area (Å²) >= 11 is 3.33. The van der Waals surface area contributed by atoms with Crippen LogP contribution in [-0.4, -0.2) is 29.6 Å². The van der Waals surface area contributed by atoms with E-state index in [1.54, 1.807) is 24.3 Å². The molecule has 0 unspecified atom stereocenters. The zero-order valence-corrected chi connectivity index (χ0v) is 20.2. The molecule has 0 aromatic heterocycles. The summed E-state index contributed by atoms with van der Waals surface area (Å²) in [7, 11) is 0. The number of nitro benzene ring substituents is 1. The van der Waals surface area contributed by atoms with E-state index in [9.17, 15) is 19.7 Å². The van der Waals surface area contributed by atoms with Crippen LogP contribution in [0.15, 0.2) is 94.5 Å². The number of carbonyl (C=O) groups excluding carboxylic acids is 2. The van der Waals surface area contributed by atoms with Gasteiger partial charge in [0.1, 0.15) is 11.5 Å². The quantitative estimate of drug-likeness (QED) is 0.106. The largest absolute Gasteiger partial charge is 0.484 e. The maximum absolute atomic E-state index is 12.3. The van der Waals surface area contributed by atoms with Crippen LogP contribution in [0, 0.1) is 10.1 Å². The number of nitro groups is 1. The van der Waals surface area contributed by atoms with Crippen LogP contribution in [0.1, 0.15) is 15.9 Å². The van der Waals surface area contributed by atoms with Gasteiger partial charge in [0.25, 0.3) is 11.6 Å². The molecule has 10 heteroatoms. The summed E-state index contributed by atoms with van der Waals surface area (Å²) < 4.78 is 11.4. The lowest BCUT2D eigenvalue weighted by Crippen LogP contribution is -2.24. The van der Waals surface area contributed by atoms with E-state index in [1.165, 1.54) is 30.5 Å². The molecule has 4 aromatic rings. The molecule has 0 bridgehead atoms. The Kier molecular flexibility index (Phi) is 7.66. The van der Waals surface area contributed by atoms with Gasteiger partial charge in [-0.05, 0) is 74.7 Å². The molecule has 0 heterocycles. The van der Waals surface area contributed by atoms with Gasteiger partial charge in [0.05, 0.1) is 21.2 Å². The Balaban J connectivity index is 1.29. The Bertz CT molecular complexity index is 1470. The van der Waals surface area contributed by atoms with Crippen LogP contribution in [0.5, 0.6) is 11.5 Å². The molecule has 0 aliphatic heterocycles. The summed E-state index contributed by atoms with van der Waals surface area (Å²) in [6.45, 7) is -0.198. The third-order valence-corrected chi connectivity index (χ3v) is 5.59. The smallest absolute Gasteiger partial charge is 0.343 e. The fourth-order valence-electron chi connectivity index (χ4n) is 3.18. The summed E-state index contributed by atoms with van der Waals surface area (Å²) in [4.78, 5) is 34.5. The van der Waals surface area contributed by atoms with Crippen LogP contribution < -0.4 is 14.9 Å². The van der Waals surface area contributed by atoms with Crippen molar-refractivity contribution in [1.29, 1.82) is 0 Å². The zero-order valence-electron chi connectivity index (χ0n) is 18.6. The van der Waals surface area contributed by atoms with Crippen molar-refractivity contribution >= 4 is 50.5 Å². The first-order valence-corrected chi connectivity index (χ1v) is 11.4. The van der Waals surface area contributed by atoms with Crippen molar-refractivity contribution in [1.82, 2.24) is 5.43 Å². The molecule has 4 rings (SSSR count). The SMILES string of the molecule is O=C(COc1ccc2ccccc2c1)N/N=C/c1ccc(OC(=O)c2ccc([N+](=O)[O-])cc2)c(Br)c1. The van der Waals surface area contributed by atoms with Gasteiger partial charge in [0.15, 0.2) is 6.61 Å². The number of amides is 1. The van der Waals surface area contributed by atoms with Gasteiger partial charge in [-0.2, -0.15) is 5.10 Å². The second kappa shape index (κ2) is 11.2. The van der Waals surface area contributed by atoms with Crippen LogP contribution in [0.4, 0.5) is 5.69 Å². The van der Waals surface area contributed by atoms with Crippen LogP contribution >= 0.6 is 15.9 Å². The molecule has 1 amide bonds. The van der Waals surface area contributed by atoms with Crippen molar-refractivity contribution < 1.29 is 24.0 Å². The molecule has 36 heavy (non-hydrogen) atoms. The molecular formula is C26H18BrN3O6. The summed E-state index contributed by atoms with van der Waals surface area (Å²) in [5.74, 6) is -0.253. The molecule has 0 spiro atoms. The van der Waals surface area contributed by atoms with Crippen molar-refractivity contribution in [3.8, 4) is 11.5 Å². The molecule has 0 saturated carbocycles. The standard InChI is InChI=1S/C26H18BrN3O6/c27-23-13-17(5-12-24(23)36-26(32)19-6-9-21(10-7-19)30(33)34)15-28-29-25(31)16-35-22-11-8-18-3-1-2-4-20(18)14-22/h1-15H,16H2,(H,29,31)/b28-15+. The van der Waals surface area contributed by atoms with E-state index < -0.39 is 16.8 Å². The molecule has 0 saturated heterocycles. The van der Waals surface area contributed by atoms with Crippen LogP contribution in [0.2, 0.25) is 0 Å². The van der Waals surface area contributed by atoms with Gasteiger partial charge in [0.2, 0.25) is 0 Å². The number of benzene rings is 4. The van der Waals surface area contributed by atoms with E-state index in [4.69, 9.17) is 9.47 Å². The van der Waals surface area contributed by atoms with Gasteiger partial charge in [-0.1, -0.05) is 30.3 Å². The molecule has 4 aromatic carbocycles. The fourth-order valence-corrected chi connectivity index (χ4v) is 3.65. The van der Waals surface area contributed by atoms with Gasteiger partial charge in [-0.3, -0.25) is 14.9 Å². The summed E-state index contributed by atoms with van der Waals surface area (Å²) in [6.07, 6.45) is 1.43. The first-order valence-electron chi connectivity index (χ1n) is 10.6. The Morgan fingerprint density at radius 1 is 0.972 bits per heavy atom. The monoisotopic (exact) mass is 547 g/mol. The third kappa shape index (κ3) is 6.30. The second-order valence-electron chi connectivity index (χ2n) is 7.47. The molecule has 0 aliphatic carbocycles. The molecule has 0 aliphatic rings. The Hall–Kier alpha value is -4.57. The highest BCUT2D eigenvalue weighted by atomic mass is 79.9. The highest BCUT2D eigenvalue weighted by molar-refractivity contribution is 9.10. The number of hydrazone groups is 1. The topological polar surface area (TPSA) is 120 Å². The van der Waals surface area contributed by atoms with Gasteiger partial charge < -0.3 is 9.47 Å². The van der Waals surface area contributed by atoms with Crippen molar-refractivity contribution in [2.75, 3.05) is 6.61 Å². The maximum Gasteiger partial charge on any atom is 0.343 e. The third-order valence-electron chi connectivity index (χ3n) is 4.97. The van der Waals surface area contributed by atoms with Crippen molar-refractivity contribution in [2.24, 2.45) is 5.10 Å². The van der Waals surface area contributed by atoms with Gasteiger partial charge >= 0.3 is 5.97 Å². The van der Waals surface area contributed by atoms with Crippen molar-refractivity contribution in [3.63, 3.8) is 0 Å². The number of rotatable bonds is 8. The van der Waals surface area contributed by atoms with Crippen molar-refractivity contribution in [3.05, 3.63) is 111 Å². The lowest BCUT2D eigenvalue weighted by molar-refractivity contribution is -0.384. The maximum atomic E-state index is 12.3. The van der Waals surface area contributed by atoms with Gasteiger partial charge in [0, 0.05) is 12.1 Å². The minimum atomic E-state index is -0.661. The average Bonchev–Trinajstić information content (AvgIpc) is 2.89. The number of non-ortho nitro benzene ring substituents is 1. The number of nitrogens with one attached hydrogen (secondary N) is 1. The summed E-state index contributed by atoms with van der Waals surface area (Å²) in [6, 6.07) is 23.4. The van der Waals surface area contributed by atoms with Crippen LogP contribution in [0.3, 0.4) is 0 Å². The average molecular weight is 548 g/mol. The highest BCUT2D eigenvalue weighted by Gasteiger charge is 2.13. The number of ether oxygens (including phenoxy) is 2. The molecule has 180 valence electrons. The van der Waals surface area contributed by atoms with Gasteiger partial charge in [-0.15, -0.1) is 0 Å². The van der Waals surface area contributed by atoms with Crippen LogP contribution in [-0.2, 0) is 4.79 Å². The first kappa shape index (κ1) is 24.6. The van der Waals surface area contributed by atoms with Crippen LogP contribution in [0.25, 0.3) is 10.8 Å². The lowest BCUT2D eigenvalue weighted by Gasteiger charge is -2.07. The molecule has 0 atom stereocenters. The number of halogens is 1. The van der Waals surface area contributed by atoms with E-state index in [1.807, 2.05) is 36.4 Å². The molecule has 1 N–H and O–H groups in total. The highest BCUT2D eigenvalue weighted by Crippen LogP contribution is 2.27. The fraction of sp³-hybridized carbons (Fsp3) is 0.0385. The zero-order chi connectivity index (χ0) is 25.5. The molecule has 0 radical (unpaired) electrons. The number of fused-ring (bicyclic) bond motifs is 1. The Morgan fingerprint density at radius 2 is 1.72 bits per heavy atom. The predicted octanol–water partition coefficient (Wildman–Crippen LogP) is 5.26. The van der Waals surface area contributed by atoms with E-state index in [0.717, 1.165) is 10.8 Å².